The van der Waals surface area contributed by atoms with Crippen molar-refractivity contribution in [1.29, 1.82) is 0 Å². The predicted molar refractivity (Wildman–Crippen MR) is 111 cm³/mol. The van der Waals surface area contributed by atoms with E-state index in [1.54, 1.807) is 18.2 Å². The number of carbonyl (C=O) groups excluding carboxylic acids is 1. The molecule has 0 aromatic heterocycles. The van der Waals surface area contributed by atoms with Gasteiger partial charge in [0, 0.05) is 29.7 Å². The third kappa shape index (κ3) is 4.67. The van der Waals surface area contributed by atoms with Crippen molar-refractivity contribution in [3.63, 3.8) is 0 Å². The van der Waals surface area contributed by atoms with Crippen molar-refractivity contribution in [1.82, 2.24) is 4.90 Å². The molecule has 1 aliphatic rings. The lowest BCUT2D eigenvalue weighted by molar-refractivity contribution is -0.384. The van der Waals surface area contributed by atoms with Crippen LogP contribution in [0, 0.1) is 10.1 Å². The zero-order chi connectivity index (χ0) is 20.3. The van der Waals surface area contributed by atoms with Gasteiger partial charge in [-0.15, -0.1) is 0 Å². The number of esters is 1. The Labute approximate surface area is 179 Å². The molecule has 0 N–H and O–H groups in total. The summed E-state index contributed by atoms with van der Waals surface area (Å²) in [6.07, 6.45) is 0. The first-order valence-corrected chi connectivity index (χ1v) is 9.77. The van der Waals surface area contributed by atoms with E-state index < -0.39 is 10.9 Å². The van der Waals surface area contributed by atoms with Crippen LogP contribution in [0.5, 0.6) is 5.75 Å². The molecule has 0 atom stereocenters. The standard InChI is InChI=1S/C18H14BrClN2O5S/c19-11-1-4-16(14(9-11)17(28)21-5-7-26-8-6-21)27-18(23)13-3-2-12(22(24)25)10-15(13)20/h1-4,9-10H,5-8H2. The van der Waals surface area contributed by atoms with E-state index in [-0.39, 0.29) is 22.0 Å². The van der Waals surface area contributed by atoms with Crippen LogP contribution < -0.4 is 4.74 Å². The molecule has 1 heterocycles. The lowest BCUT2D eigenvalue weighted by Crippen LogP contribution is -2.40. The van der Waals surface area contributed by atoms with Crippen molar-refractivity contribution in [2.24, 2.45) is 0 Å². The van der Waals surface area contributed by atoms with E-state index in [1.165, 1.54) is 12.1 Å². The van der Waals surface area contributed by atoms with E-state index in [1.807, 2.05) is 4.90 Å². The highest BCUT2D eigenvalue weighted by atomic mass is 79.9. The minimum Gasteiger partial charge on any atom is -0.422 e. The highest BCUT2D eigenvalue weighted by Crippen LogP contribution is 2.28. The van der Waals surface area contributed by atoms with Crippen LogP contribution in [0.2, 0.25) is 5.02 Å². The number of thiocarbonyl (C=S) groups is 1. The van der Waals surface area contributed by atoms with Gasteiger partial charge in [0.2, 0.25) is 0 Å². The highest BCUT2D eigenvalue weighted by Gasteiger charge is 2.22. The summed E-state index contributed by atoms with van der Waals surface area (Å²) in [4.78, 5) is 25.4. The molecule has 2 aromatic carbocycles. The minimum atomic E-state index is -0.728. The van der Waals surface area contributed by atoms with Crippen molar-refractivity contribution >= 4 is 56.4 Å². The molecule has 28 heavy (non-hydrogen) atoms. The fraction of sp³-hybridized carbons (Fsp3) is 0.222. The Morgan fingerprint density at radius 1 is 1.21 bits per heavy atom. The number of nitro groups is 1. The van der Waals surface area contributed by atoms with E-state index in [0.717, 1.165) is 10.5 Å². The van der Waals surface area contributed by atoms with E-state index in [2.05, 4.69) is 15.9 Å². The molecule has 0 bridgehead atoms. The molecule has 1 aliphatic heterocycles. The van der Waals surface area contributed by atoms with Gasteiger partial charge in [-0.1, -0.05) is 39.7 Å². The zero-order valence-electron chi connectivity index (χ0n) is 14.4. The number of ether oxygens (including phenoxy) is 2. The second-order valence-electron chi connectivity index (χ2n) is 5.86. The predicted octanol–water partition coefficient (Wildman–Crippen LogP) is 4.24. The summed E-state index contributed by atoms with van der Waals surface area (Å²) in [5.74, 6) is -0.452. The fourth-order valence-corrected chi connectivity index (χ4v) is 3.59. The number of halogens is 2. The van der Waals surface area contributed by atoms with Gasteiger partial charge in [0.05, 0.1) is 34.3 Å². The Bertz CT molecular complexity index is 950. The van der Waals surface area contributed by atoms with E-state index in [4.69, 9.17) is 33.3 Å². The summed E-state index contributed by atoms with van der Waals surface area (Å²) in [5, 5.41) is 10.8. The molecule has 2 aromatic rings. The Kier molecular flexibility index (Phi) is 6.61. The summed E-state index contributed by atoms with van der Waals surface area (Å²) in [7, 11) is 0. The lowest BCUT2D eigenvalue weighted by Gasteiger charge is -2.29. The van der Waals surface area contributed by atoms with Gasteiger partial charge in [-0.05, 0) is 24.3 Å². The fourth-order valence-electron chi connectivity index (χ4n) is 2.63. The van der Waals surface area contributed by atoms with Gasteiger partial charge in [-0.25, -0.2) is 4.79 Å². The normalized spacial score (nSPS) is 13.9. The van der Waals surface area contributed by atoms with Crippen LogP contribution in [0.3, 0.4) is 0 Å². The van der Waals surface area contributed by atoms with Crippen molar-refractivity contribution < 1.29 is 19.2 Å². The van der Waals surface area contributed by atoms with Crippen LogP contribution in [0.15, 0.2) is 40.9 Å². The minimum absolute atomic E-state index is 0.0263. The second kappa shape index (κ2) is 8.95. The van der Waals surface area contributed by atoms with Gasteiger partial charge in [-0.3, -0.25) is 10.1 Å². The van der Waals surface area contributed by atoms with Crippen LogP contribution in [-0.2, 0) is 4.74 Å². The quantitative estimate of drug-likeness (QED) is 0.211. The SMILES string of the molecule is O=C(Oc1ccc(Br)cc1C(=S)N1CCOCC1)c1ccc([N+](=O)[O-])cc1Cl. The van der Waals surface area contributed by atoms with Gasteiger partial charge < -0.3 is 14.4 Å². The summed E-state index contributed by atoms with van der Waals surface area (Å²) in [6.45, 7) is 2.43. The Hall–Kier alpha value is -2.07. The summed E-state index contributed by atoms with van der Waals surface area (Å²) < 4.78 is 11.6. The molecule has 1 fully saturated rings. The van der Waals surface area contributed by atoms with E-state index >= 15 is 0 Å². The smallest absolute Gasteiger partial charge is 0.345 e. The molecule has 0 spiro atoms. The number of benzene rings is 2. The Morgan fingerprint density at radius 3 is 2.57 bits per heavy atom. The number of hydrogen-bond acceptors (Lipinski definition) is 6. The highest BCUT2D eigenvalue weighted by molar-refractivity contribution is 9.10. The number of morpholine rings is 1. The van der Waals surface area contributed by atoms with Gasteiger partial charge in [0.25, 0.3) is 5.69 Å². The van der Waals surface area contributed by atoms with Gasteiger partial charge in [-0.2, -0.15) is 0 Å². The molecule has 146 valence electrons. The molecule has 0 radical (unpaired) electrons. The molecule has 0 saturated carbocycles. The number of carbonyl (C=O) groups is 1. The van der Waals surface area contributed by atoms with Crippen molar-refractivity contribution in [2.45, 2.75) is 0 Å². The second-order valence-corrected chi connectivity index (χ2v) is 7.57. The third-order valence-electron chi connectivity index (χ3n) is 4.06. The first-order chi connectivity index (χ1) is 13.4. The molecule has 0 aliphatic carbocycles. The molecule has 3 rings (SSSR count). The summed E-state index contributed by atoms with van der Waals surface area (Å²) in [5.41, 5.74) is 0.399. The van der Waals surface area contributed by atoms with E-state index in [0.29, 0.717) is 36.9 Å². The summed E-state index contributed by atoms with van der Waals surface area (Å²) >= 11 is 15.0. The van der Waals surface area contributed by atoms with E-state index in [9.17, 15) is 14.9 Å². The van der Waals surface area contributed by atoms with Crippen molar-refractivity contribution in [3.8, 4) is 5.75 Å². The van der Waals surface area contributed by atoms with Gasteiger partial charge in [0.1, 0.15) is 10.7 Å². The van der Waals surface area contributed by atoms with Crippen LogP contribution in [0.25, 0.3) is 0 Å². The molecular weight excluding hydrogens is 472 g/mol. The van der Waals surface area contributed by atoms with Crippen LogP contribution in [-0.4, -0.2) is 47.1 Å². The van der Waals surface area contributed by atoms with Gasteiger partial charge in [0.15, 0.2) is 0 Å². The maximum Gasteiger partial charge on any atom is 0.345 e. The number of non-ortho nitro benzene ring substituents is 1. The zero-order valence-corrected chi connectivity index (χ0v) is 17.6. The number of hydrogen-bond donors (Lipinski definition) is 0. The average molecular weight is 486 g/mol. The van der Waals surface area contributed by atoms with Crippen LogP contribution in [0.1, 0.15) is 15.9 Å². The van der Waals surface area contributed by atoms with Crippen molar-refractivity contribution in [3.05, 3.63) is 67.1 Å². The monoisotopic (exact) mass is 484 g/mol. The molecule has 7 nitrogen and oxygen atoms in total. The molecule has 0 amide bonds. The Morgan fingerprint density at radius 2 is 1.93 bits per heavy atom. The first kappa shape index (κ1) is 20.7. The van der Waals surface area contributed by atoms with Crippen LogP contribution in [0.4, 0.5) is 5.69 Å². The summed E-state index contributed by atoms with van der Waals surface area (Å²) in [6, 6.07) is 8.71. The largest absolute Gasteiger partial charge is 0.422 e. The van der Waals surface area contributed by atoms with Crippen LogP contribution >= 0.6 is 39.7 Å². The third-order valence-corrected chi connectivity index (χ3v) is 5.34. The molecule has 1 saturated heterocycles. The Balaban J connectivity index is 1.87. The number of rotatable bonds is 4. The maximum absolute atomic E-state index is 12.6. The number of nitrogens with zero attached hydrogens (tertiary/aromatic N) is 2. The van der Waals surface area contributed by atoms with Crippen molar-refractivity contribution in [2.75, 3.05) is 26.3 Å². The average Bonchev–Trinajstić information content (AvgIpc) is 2.69. The first-order valence-electron chi connectivity index (χ1n) is 8.19. The number of nitro benzene ring substituents is 1. The molecular formula is C18H14BrClN2O5S. The van der Waals surface area contributed by atoms with Gasteiger partial charge >= 0.3 is 5.97 Å². The lowest BCUT2D eigenvalue weighted by atomic mass is 10.1. The topological polar surface area (TPSA) is 81.9 Å². The molecule has 0 unspecified atom stereocenters. The molecule has 10 heteroatoms. The maximum atomic E-state index is 12.6.